The van der Waals surface area contributed by atoms with Crippen LogP contribution >= 0.6 is 11.3 Å². The minimum absolute atomic E-state index is 0.134. The van der Waals surface area contributed by atoms with Crippen LogP contribution in [0.5, 0.6) is 0 Å². The van der Waals surface area contributed by atoms with Gasteiger partial charge in [-0.15, -0.1) is 11.3 Å². The van der Waals surface area contributed by atoms with Gasteiger partial charge in [0, 0.05) is 29.6 Å². The lowest BCUT2D eigenvalue weighted by Crippen LogP contribution is -2.19. The zero-order valence-corrected chi connectivity index (χ0v) is 12.8. The van der Waals surface area contributed by atoms with Crippen LogP contribution in [-0.2, 0) is 12.0 Å². The minimum atomic E-state index is 0.134. The third-order valence-electron chi connectivity index (χ3n) is 2.91. The Hall–Kier alpha value is -1.26. The molecule has 102 valence electrons. The molecule has 2 aromatic heterocycles. The Morgan fingerprint density at radius 1 is 1.32 bits per heavy atom. The van der Waals surface area contributed by atoms with Gasteiger partial charge in [-0.3, -0.25) is 4.98 Å². The molecule has 0 amide bonds. The molecule has 1 N–H and O–H groups in total. The number of nitrogens with one attached hydrogen (secondary N) is 1. The minimum Gasteiger partial charge on any atom is -0.303 e. The normalized spacial score (nSPS) is 13.5. The van der Waals surface area contributed by atoms with Crippen LogP contribution in [0.25, 0.3) is 0 Å². The van der Waals surface area contributed by atoms with E-state index < -0.39 is 0 Å². The van der Waals surface area contributed by atoms with E-state index in [1.54, 1.807) is 11.3 Å². The Balaban J connectivity index is 1.94. The van der Waals surface area contributed by atoms with Crippen molar-refractivity contribution in [3.8, 4) is 0 Å². The third kappa shape index (κ3) is 3.85. The van der Waals surface area contributed by atoms with E-state index in [9.17, 15) is 0 Å². The van der Waals surface area contributed by atoms with Gasteiger partial charge in [0.15, 0.2) is 0 Å². The molecule has 2 heterocycles. The molecule has 0 saturated heterocycles. The van der Waals surface area contributed by atoms with Crippen LogP contribution in [0, 0.1) is 0 Å². The molecule has 19 heavy (non-hydrogen) atoms. The fraction of sp³-hybridized carbons (Fsp3) is 0.467. The maximum Gasteiger partial charge on any atom is 0.0982 e. The summed E-state index contributed by atoms with van der Waals surface area (Å²) in [4.78, 5) is 9.04. The molecule has 0 aromatic carbocycles. The highest BCUT2D eigenvalue weighted by Gasteiger charge is 2.18. The maximum atomic E-state index is 4.68. The standard InChI is InChI=1S/C15H21N3S/c1-11(13-7-5-6-8-16-13)17-9-12-10-19-14(18-12)15(2,3)4/h5-8,10-11,17H,9H2,1-4H3/t11-/m1/s1. The van der Waals surface area contributed by atoms with Gasteiger partial charge >= 0.3 is 0 Å². The molecule has 0 aliphatic rings. The summed E-state index contributed by atoms with van der Waals surface area (Å²) in [6.07, 6.45) is 1.83. The maximum absolute atomic E-state index is 4.68. The van der Waals surface area contributed by atoms with Crippen molar-refractivity contribution in [2.24, 2.45) is 0 Å². The van der Waals surface area contributed by atoms with Crippen molar-refractivity contribution in [1.82, 2.24) is 15.3 Å². The molecule has 1 atom stereocenters. The van der Waals surface area contributed by atoms with Gasteiger partial charge in [-0.05, 0) is 19.1 Å². The average molecular weight is 275 g/mol. The first kappa shape index (κ1) is 14.2. The highest BCUT2D eigenvalue weighted by atomic mass is 32.1. The number of nitrogens with zero attached hydrogens (tertiary/aromatic N) is 2. The summed E-state index contributed by atoms with van der Waals surface area (Å²) in [6.45, 7) is 9.49. The van der Waals surface area contributed by atoms with Crippen LogP contribution in [0.4, 0.5) is 0 Å². The van der Waals surface area contributed by atoms with Gasteiger partial charge < -0.3 is 5.32 Å². The van der Waals surface area contributed by atoms with Crippen molar-refractivity contribution in [2.75, 3.05) is 0 Å². The molecule has 4 heteroatoms. The number of rotatable bonds is 4. The molecule has 0 saturated carbocycles. The van der Waals surface area contributed by atoms with Gasteiger partial charge in [-0.2, -0.15) is 0 Å². The van der Waals surface area contributed by atoms with Crippen LogP contribution in [-0.4, -0.2) is 9.97 Å². The zero-order valence-electron chi connectivity index (χ0n) is 12.0. The summed E-state index contributed by atoms with van der Waals surface area (Å²) < 4.78 is 0. The summed E-state index contributed by atoms with van der Waals surface area (Å²) in [5.41, 5.74) is 2.31. The van der Waals surface area contributed by atoms with Gasteiger partial charge in [-0.1, -0.05) is 26.8 Å². The molecular formula is C15H21N3S. The number of pyridine rings is 1. The predicted octanol–water partition coefficient (Wildman–Crippen LogP) is 3.69. The van der Waals surface area contributed by atoms with Crippen molar-refractivity contribution in [3.63, 3.8) is 0 Å². The number of aromatic nitrogens is 2. The first-order valence-corrected chi connectivity index (χ1v) is 7.44. The quantitative estimate of drug-likeness (QED) is 0.925. The van der Waals surface area contributed by atoms with Gasteiger partial charge in [0.1, 0.15) is 0 Å². The summed E-state index contributed by atoms with van der Waals surface area (Å²) in [5, 5.41) is 6.79. The zero-order chi connectivity index (χ0) is 13.9. The monoisotopic (exact) mass is 275 g/mol. The van der Waals surface area contributed by atoms with E-state index in [0.29, 0.717) is 0 Å². The summed E-state index contributed by atoms with van der Waals surface area (Å²) in [6, 6.07) is 6.23. The van der Waals surface area contributed by atoms with Crippen molar-refractivity contribution in [3.05, 3.63) is 46.2 Å². The third-order valence-corrected chi connectivity index (χ3v) is 4.23. The Morgan fingerprint density at radius 3 is 2.68 bits per heavy atom. The number of thiazole rings is 1. The number of hydrogen-bond donors (Lipinski definition) is 1. The van der Waals surface area contributed by atoms with Crippen molar-refractivity contribution < 1.29 is 0 Å². The van der Waals surface area contributed by atoms with Gasteiger partial charge in [-0.25, -0.2) is 4.98 Å². The summed E-state index contributed by atoms with van der Waals surface area (Å²) in [5.74, 6) is 0. The molecule has 0 bridgehead atoms. The van der Waals surface area contributed by atoms with Gasteiger partial charge in [0.2, 0.25) is 0 Å². The van der Waals surface area contributed by atoms with Crippen molar-refractivity contribution >= 4 is 11.3 Å². The molecule has 0 fully saturated rings. The van der Waals surface area contributed by atoms with Crippen LogP contribution in [0.3, 0.4) is 0 Å². The Bertz CT molecular complexity index is 514. The van der Waals surface area contributed by atoms with E-state index >= 15 is 0 Å². The SMILES string of the molecule is C[C@@H](NCc1csc(C(C)(C)C)n1)c1ccccn1. The van der Waals surface area contributed by atoms with Crippen molar-refractivity contribution in [1.29, 1.82) is 0 Å². The second kappa shape index (κ2) is 5.80. The molecular weight excluding hydrogens is 254 g/mol. The van der Waals surface area contributed by atoms with E-state index in [-0.39, 0.29) is 11.5 Å². The first-order chi connectivity index (χ1) is 8.97. The smallest absolute Gasteiger partial charge is 0.0982 e. The fourth-order valence-corrected chi connectivity index (χ4v) is 2.63. The summed E-state index contributed by atoms with van der Waals surface area (Å²) in [7, 11) is 0. The van der Waals surface area contributed by atoms with E-state index in [2.05, 4.69) is 48.4 Å². The molecule has 0 unspecified atom stereocenters. The molecule has 2 aromatic rings. The first-order valence-electron chi connectivity index (χ1n) is 6.56. The van der Waals surface area contributed by atoms with E-state index in [1.165, 1.54) is 5.01 Å². The second-order valence-electron chi connectivity index (χ2n) is 5.75. The average Bonchev–Trinajstić information content (AvgIpc) is 2.86. The molecule has 3 nitrogen and oxygen atoms in total. The van der Waals surface area contributed by atoms with Gasteiger partial charge in [0.05, 0.1) is 16.4 Å². The van der Waals surface area contributed by atoms with Crippen LogP contribution in [0.1, 0.15) is 50.1 Å². The lowest BCUT2D eigenvalue weighted by molar-refractivity contribution is 0.548. The lowest BCUT2D eigenvalue weighted by atomic mass is 9.98. The molecule has 2 rings (SSSR count). The Morgan fingerprint density at radius 2 is 2.11 bits per heavy atom. The fourth-order valence-electron chi connectivity index (χ4n) is 1.73. The predicted molar refractivity (Wildman–Crippen MR) is 80.3 cm³/mol. The number of hydrogen-bond acceptors (Lipinski definition) is 4. The van der Waals surface area contributed by atoms with E-state index in [1.807, 2.05) is 24.4 Å². The molecule has 0 aliphatic carbocycles. The lowest BCUT2D eigenvalue weighted by Gasteiger charge is -2.14. The van der Waals surface area contributed by atoms with Crippen LogP contribution in [0.15, 0.2) is 29.8 Å². The van der Waals surface area contributed by atoms with Crippen LogP contribution in [0.2, 0.25) is 0 Å². The highest BCUT2D eigenvalue weighted by molar-refractivity contribution is 7.09. The highest BCUT2D eigenvalue weighted by Crippen LogP contribution is 2.25. The Labute approximate surface area is 119 Å². The van der Waals surface area contributed by atoms with Crippen LogP contribution < -0.4 is 5.32 Å². The molecule has 0 radical (unpaired) electrons. The van der Waals surface area contributed by atoms with E-state index in [4.69, 9.17) is 0 Å². The topological polar surface area (TPSA) is 37.8 Å². The molecule has 0 aliphatic heterocycles. The largest absolute Gasteiger partial charge is 0.303 e. The Kier molecular flexibility index (Phi) is 4.32. The van der Waals surface area contributed by atoms with E-state index in [0.717, 1.165) is 17.9 Å². The molecule has 0 spiro atoms. The second-order valence-corrected chi connectivity index (χ2v) is 6.61. The summed E-state index contributed by atoms with van der Waals surface area (Å²) >= 11 is 1.74. The van der Waals surface area contributed by atoms with Gasteiger partial charge in [0.25, 0.3) is 0 Å². The van der Waals surface area contributed by atoms with Crippen molar-refractivity contribution in [2.45, 2.75) is 45.7 Å².